The first kappa shape index (κ1) is 9.09. The molecule has 1 heterocycles. The van der Waals surface area contributed by atoms with E-state index in [0.29, 0.717) is 5.02 Å². The van der Waals surface area contributed by atoms with Crippen molar-refractivity contribution >= 4 is 17.3 Å². The van der Waals surface area contributed by atoms with Crippen LogP contribution in [0, 0.1) is 6.92 Å². The standard InChI is InChI=1S/C10H10ClN3/c1-7-2-3-9(12)4-10(7)14-6-8(11)5-13-14/h2-6H,12H2,1H3. The highest BCUT2D eigenvalue weighted by Crippen LogP contribution is 2.18. The van der Waals surface area contributed by atoms with Gasteiger partial charge in [0.1, 0.15) is 0 Å². The minimum Gasteiger partial charge on any atom is -0.399 e. The molecule has 0 aliphatic carbocycles. The number of hydrogen-bond donors (Lipinski definition) is 1. The van der Waals surface area contributed by atoms with Crippen molar-refractivity contribution in [2.75, 3.05) is 5.73 Å². The average Bonchev–Trinajstić information content (AvgIpc) is 2.56. The van der Waals surface area contributed by atoms with E-state index in [1.54, 1.807) is 17.1 Å². The van der Waals surface area contributed by atoms with Crippen molar-refractivity contribution in [1.82, 2.24) is 9.78 Å². The lowest BCUT2D eigenvalue weighted by atomic mass is 10.2. The van der Waals surface area contributed by atoms with Gasteiger partial charge in [-0.25, -0.2) is 4.68 Å². The van der Waals surface area contributed by atoms with Crippen molar-refractivity contribution in [3.05, 3.63) is 41.2 Å². The maximum atomic E-state index is 5.79. The number of aryl methyl sites for hydroxylation is 1. The Kier molecular flexibility index (Phi) is 2.17. The van der Waals surface area contributed by atoms with Crippen LogP contribution >= 0.6 is 11.6 Å². The molecule has 0 atom stereocenters. The second-order valence-electron chi connectivity index (χ2n) is 3.15. The summed E-state index contributed by atoms with van der Waals surface area (Å²) in [6.07, 6.45) is 3.35. The van der Waals surface area contributed by atoms with Gasteiger partial charge in [-0.1, -0.05) is 17.7 Å². The van der Waals surface area contributed by atoms with Crippen LogP contribution in [-0.4, -0.2) is 9.78 Å². The van der Waals surface area contributed by atoms with E-state index in [9.17, 15) is 0 Å². The van der Waals surface area contributed by atoms with Gasteiger partial charge in [0.15, 0.2) is 0 Å². The Morgan fingerprint density at radius 2 is 2.21 bits per heavy atom. The molecule has 2 N–H and O–H groups in total. The predicted molar refractivity (Wildman–Crippen MR) is 57.7 cm³/mol. The van der Waals surface area contributed by atoms with Crippen molar-refractivity contribution < 1.29 is 0 Å². The fourth-order valence-electron chi connectivity index (χ4n) is 1.31. The summed E-state index contributed by atoms with van der Waals surface area (Å²) in [5.41, 5.74) is 8.48. The van der Waals surface area contributed by atoms with Crippen molar-refractivity contribution in [3.8, 4) is 5.69 Å². The summed E-state index contributed by atoms with van der Waals surface area (Å²) in [6, 6.07) is 5.70. The van der Waals surface area contributed by atoms with E-state index in [4.69, 9.17) is 17.3 Å². The average molecular weight is 208 g/mol. The molecule has 0 saturated heterocycles. The van der Waals surface area contributed by atoms with Crippen LogP contribution in [-0.2, 0) is 0 Å². The quantitative estimate of drug-likeness (QED) is 0.730. The first-order chi connectivity index (χ1) is 6.66. The van der Waals surface area contributed by atoms with Crippen molar-refractivity contribution in [2.24, 2.45) is 0 Å². The third-order valence-electron chi connectivity index (χ3n) is 2.03. The lowest BCUT2D eigenvalue weighted by molar-refractivity contribution is 0.873. The fourth-order valence-corrected chi connectivity index (χ4v) is 1.44. The lowest BCUT2D eigenvalue weighted by Gasteiger charge is -2.06. The van der Waals surface area contributed by atoms with Crippen LogP contribution in [0.15, 0.2) is 30.6 Å². The Morgan fingerprint density at radius 1 is 1.43 bits per heavy atom. The third kappa shape index (κ3) is 1.59. The second kappa shape index (κ2) is 3.35. The molecule has 0 spiro atoms. The van der Waals surface area contributed by atoms with E-state index < -0.39 is 0 Å². The number of hydrogen-bond acceptors (Lipinski definition) is 2. The van der Waals surface area contributed by atoms with Gasteiger partial charge >= 0.3 is 0 Å². The molecule has 2 aromatic rings. The molecule has 14 heavy (non-hydrogen) atoms. The minimum absolute atomic E-state index is 0.617. The molecule has 4 heteroatoms. The van der Waals surface area contributed by atoms with Crippen molar-refractivity contribution in [1.29, 1.82) is 0 Å². The normalized spacial score (nSPS) is 10.4. The van der Waals surface area contributed by atoms with Gasteiger partial charge in [-0.15, -0.1) is 0 Å². The molecule has 0 amide bonds. The number of anilines is 1. The topological polar surface area (TPSA) is 43.8 Å². The number of benzene rings is 1. The monoisotopic (exact) mass is 207 g/mol. The minimum atomic E-state index is 0.617. The zero-order chi connectivity index (χ0) is 10.1. The van der Waals surface area contributed by atoms with E-state index in [2.05, 4.69) is 5.10 Å². The highest BCUT2D eigenvalue weighted by atomic mass is 35.5. The number of halogens is 1. The molecule has 0 unspecified atom stereocenters. The zero-order valence-corrected chi connectivity index (χ0v) is 8.49. The molecule has 1 aromatic carbocycles. The number of nitrogen functional groups attached to an aromatic ring is 1. The van der Waals surface area contributed by atoms with E-state index in [1.807, 2.05) is 25.1 Å². The Labute approximate surface area is 87.1 Å². The maximum absolute atomic E-state index is 5.79. The van der Waals surface area contributed by atoms with Gasteiger partial charge in [0, 0.05) is 11.9 Å². The first-order valence-electron chi connectivity index (χ1n) is 4.23. The maximum Gasteiger partial charge on any atom is 0.0790 e. The third-order valence-corrected chi connectivity index (χ3v) is 2.23. The second-order valence-corrected chi connectivity index (χ2v) is 3.59. The summed E-state index contributed by atoms with van der Waals surface area (Å²) in [4.78, 5) is 0. The van der Waals surface area contributed by atoms with Crippen LogP contribution in [0.4, 0.5) is 5.69 Å². The van der Waals surface area contributed by atoms with Gasteiger partial charge in [0.25, 0.3) is 0 Å². The van der Waals surface area contributed by atoms with E-state index in [1.165, 1.54) is 0 Å². The number of rotatable bonds is 1. The predicted octanol–water partition coefficient (Wildman–Crippen LogP) is 2.42. The van der Waals surface area contributed by atoms with Crippen LogP contribution in [0.25, 0.3) is 5.69 Å². The van der Waals surface area contributed by atoms with Gasteiger partial charge in [0.05, 0.1) is 16.9 Å². The molecule has 0 aliphatic rings. The number of nitrogens with zero attached hydrogens (tertiary/aromatic N) is 2. The molecule has 1 aromatic heterocycles. The Hall–Kier alpha value is -1.48. The highest BCUT2D eigenvalue weighted by molar-refractivity contribution is 6.30. The van der Waals surface area contributed by atoms with Gasteiger partial charge < -0.3 is 5.73 Å². The summed E-state index contributed by atoms with van der Waals surface area (Å²) in [5.74, 6) is 0. The molecule has 0 bridgehead atoms. The summed E-state index contributed by atoms with van der Waals surface area (Å²) in [7, 11) is 0. The molecule has 72 valence electrons. The molecular formula is C10H10ClN3. The van der Waals surface area contributed by atoms with Crippen LogP contribution in [0.5, 0.6) is 0 Å². The van der Waals surface area contributed by atoms with Gasteiger partial charge in [-0.3, -0.25) is 0 Å². The fraction of sp³-hybridized carbons (Fsp3) is 0.100. The summed E-state index contributed by atoms with van der Waals surface area (Å²) in [6.45, 7) is 2.00. The molecule has 2 rings (SSSR count). The van der Waals surface area contributed by atoms with E-state index in [0.717, 1.165) is 16.9 Å². The Bertz CT molecular complexity index is 462. The summed E-state index contributed by atoms with van der Waals surface area (Å²) < 4.78 is 1.72. The van der Waals surface area contributed by atoms with Gasteiger partial charge in [-0.05, 0) is 24.6 Å². The van der Waals surface area contributed by atoms with Crippen LogP contribution in [0.1, 0.15) is 5.56 Å². The SMILES string of the molecule is Cc1ccc(N)cc1-n1cc(Cl)cn1. The molecule has 0 saturated carbocycles. The van der Waals surface area contributed by atoms with Crippen molar-refractivity contribution in [2.45, 2.75) is 6.92 Å². The Balaban J connectivity index is 2.55. The van der Waals surface area contributed by atoms with Crippen LogP contribution in [0.2, 0.25) is 5.02 Å². The Morgan fingerprint density at radius 3 is 2.86 bits per heavy atom. The molecular weight excluding hydrogens is 198 g/mol. The van der Waals surface area contributed by atoms with Gasteiger partial charge in [0.2, 0.25) is 0 Å². The van der Waals surface area contributed by atoms with Crippen LogP contribution < -0.4 is 5.73 Å². The largest absolute Gasteiger partial charge is 0.399 e. The molecule has 3 nitrogen and oxygen atoms in total. The molecule has 0 radical (unpaired) electrons. The molecule has 0 aliphatic heterocycles. The van der Waals surface area contributed by atoms with E-state index >= 15 is 0 Å². The highest BCUT2D eigenvalue weighted by Gasteiger charge is 2.02. The van der Waals surface area contributed by atoms with E-state index in [-0.39, 0.29) is 0 Å². The lowest BCUT2D eigenvalue weighted by Crippen LogP contribution is -1.98. The van der Waals surface area contributed by atoms with Gasteiger partial charge in [-0.2, -0.15) is 5.10 Å². The molecule has 0 fully saturated rings. The zero-order valence-electron chi connectivity index (χ0n) is 7.74. The summed E-state index contributed by atoms with van der Waals surface area (Å²) >= 11 is 5.79. The summed E-state index contributed by atoms with van der Waals surface area (Å²) in [5, 5.41) is 4.73. The smallest absolute Gasteiger partial charge is 0.0790 e. The number of aromatic nitrogens is 2. The van der Waals surface area contributed by atoms with Crippen molar-refractivity contribution in [3.63, 3.8) is 0 Å². The van der Waals surface area contributed by atoms with Crippen LogP contribution in [0.3, 0.4) is 0 Å². The first-order valence-corrected chi connectivity index (χ1v) is 4.61. The number of nitrogens with two attached hydrogens (primary N) is 1.